The lowest BCUT2D eigenvalue weighted by molar-refractivity contribution is 0.0108. The van der Waals surface area contributed by atoms with Gasteiger partial charge in [-0.05, 0) is 31.3 Å². The summed E-state index contributed by atoms with van der Waals surface area (Å²) in [6, 6.07) is 0. The molecule has 0 aromatic rings. The summed E-state index contributed by atoms with van der Waals surface area (Å²) in [6.07, 6.45) is 2.32. The average molecular weight is 300 g/mol. The summed E-state index contributed by atoms with van der Waals surface area (Å²) in [6.45, 7) is 12.5. The summed E-state index contributed by atoms with van der Waals surface area (Å²) in [5, 5.41) is 3.47. The molecule has 2 aliphatic rings. The van der Waals surface area contributed by atoms with Gasteiger partial charge in [-0.25, -0.2) is 0 Å². The summed E-state index contributed by atoms with van der Waals surface area (Å²) in [7, 11) is 0. The number of nitrogens with one attached hydrogen (secondary N) is 1. The number of nitrogens with zero attached hydrogens (tertiary/aromatic N) is 1. The van der Waals surface area contributed by atoms with Crippen LogP contribution in [0.15, 0.2) is 0 Å². The summed E-state index contributed by atoms with van der Waals surface area (Å²) < 4.78 is 16.5. The Kier molecular flexibility index (Phi) is 8.59. The fraction of sp³-hybridized carbons (Fsp3) is 1.00. The lowest BCUT2D eigenvalue weighted by Crippen LogP contribution is -2.29. The monoisotopic (exact) mass is 300 g/mol. The Hall–Kier alpha value is -0.200. The van der Waals surface area contributed by atoms with Gasteiger partial charge in [-0.15, -0.1) is 0 Å². The van der Waals surface area contributed by atoms with Crippen molar-refractivity contribution >= 4 is 0 Å². The highest BCUT2D eigenvalue weighted by molar-refractivity contribution is 4.90. The molecule has 2 rings (SSSR count). The molecule has 5 heteroatoms. The summed E-state index contributed by atoms with van der Waals surface area (Å²) >= 11 is 0. The smallest absolute Gasteiger partial charge is 0.0701 e. The first kappa shape index (κ1) is 17.2. The molecule has 2 atom stereocenters. The number of ether oxygens (including phenoxy) is 3. The Morgan fingerprint density at radius 2 is 1.43 bits per heavy atom. The van der Waals surface area contributed by atoms with Crippen LogP contribution in [-0.2, 0) is 14.2 Å². The molecule has 124 valence electrons. The van der Waals surface area contributed by atoms with E-state index >= 15 is 0 Å². The topological polar surface area (TPSA) is 43.0 Å². The van der Waals surface area contributed by atoms with Gasteiger partial charge in [0.2, 0.25) is 0 Å². The fourth-order valence-electron chi connectivity index (χ4n) is 3.12. The number of unbranched alkanes of at least 4 members (excludes halogenated alkanes) is 1. The third kappa shape index (κ3) is 6.61. The molecule has 0 radical (unpaired) electrons. The molecule has 1 N–H and O–H groups in total. The van der Waals surface area contributed by atoms with Crippen molar-refractivity contribution in [3.05, 3.63) is 0 Å². The van der Waals surface area contributed by atoms with Gasteiger partial charge < -0.3 is 24.4 Å². The molecule has 2 fully saturated rings. The first-order valence-corrected chi connectivity index (χ1v) is 8.56. The normalized spacial score (nSPS) is 25.6. The zero-order valence-corrected chi connectivity index (χ0v) is 13.5. The second-order valence-electron chi connectivity index (χ2n) is 6.13. The molecule has 0 unspecified atom stereocenters. The SMILES string of the molecule is CCCCOCCOCCOCCN1C[C@H]2CNC[C@H]2C1. The van der Waals surface area contributed by atoms with E-state index in [9.17, 15) is 0 Å². The second kappa shape index (κ2) is 10.5. The fourth-order valence-corrected chi connectivity index (χ4v) is 3.12. The Morgan fingerprint density at radius 3 is 2.05 bits per heavy atom. The van der Waals surface area contributed by atoms with Crippen molar-refractivity contribution < 1.29 is 14.2 Å². The van der Waals surface area contributed by atoms with E-state index in [-0.39, 0.29) is 0 Å². The van der Waals surface area contributed by atoms with E-state index in [2.05, 4.69) is 17.1 Å². The number of fused-ring (bicyclic) bond motifs is 1. The Bertz CT molecular complexity index is 254. The Morgan fingerprint density at radius 1 is 0.857 bits per heavy atom. The molecule has 0 aromatic heterocycles. The number of hydrogen-bond acceptors (Lipinski definition) is 5. The second-order valence-corrected chi connectivity index (χ2v) is 6.13. The van der Waals surface area contributed by atoms with Crippen LogP contribution in [0.2, 0.25) is 0 Å². The highest BCUT2D eigenvalue weighted by Gasteiger charge is 2.35. The van der Waals surface area contributed by atoms with Crippen LogP contribution in [0.1, 0.15) is 19.8 Å². The number of rotatable bonds is 12. The minimum absolute atomic E-state index is 0.673. The van der Waals surface area contributed by atoms with Crippen LogP contribution in [0, 0.1) is 11.8 Å². The average Bonchev–Trinajstić information content (AvgIpc) is 3.06. The van der Waals surface area contributed by atoms with Crippen molar-refractivity contribution in [1.29, 1.82) is 0 Å². The maximum Gasteiger partial charge on any atom is 0.0701 e. The van der Waals surface area contributed by atoms with Crippen LogP contribution in [0.3, 0.4) is 0 Å². The van der Waals surface area contributed by atoms with E-state index in [0.29, 0.717) is 26.4 Å². The molecule has 0 amide bonds. The van der Waals surface area contributed by atoms with Crippen LogP contribution < -0.4 is 5.32 Å². The van der Waals surface area contributed by atoms with Crippen molar-refractivity contribution in [1.82, 2.24) is 10.2 Å². The third-order valence-electron chi connectivity index (χ3n) is 4.40. The predicted octanol–water partition coefficient (Wildman–Crippen LogP) is 0.988. The van der Waals surface area contributed by atoms with E-state index in [1.807, 2.05) is 0 Å². The van der Waals surface area contributed by atoms with Crippen molar-refractivity contribution in [3.63, 3.8) is 0 Å². The zero-order chi connectivity index (χ0) is 14.8. The largest absolute Gasteiger partial charge is 0.379 e. The lowest BCUT2D eigenvalue weighted by atomic mass is 10.0. The molecule has 2 aliphatic heterocycles. The third-order valence-corrected chi connectivity index (χ3v) is 4.40. The van der Waals surface area contributed by atoms with Crippen molar-refractivity contribution in [3.8, 4) is 0 Å². The summed E-state index contributed by atoms with van der Waals surface area (Å²) in [5.74, 6) is 1.75. The Labute approximate surface area is 129 Å². The maximum absolute atomic E-state index is 5.64. The van der Waals surface area contributed by atoms with Gasteiger partial charge in [-0.2, -0.15) is 0 Å². The summed E-state index contributed by atoms with van der Waals surface area (Å²) in [5.41, 5.74) is 0. The van der Waals surface area contributed by atoms with Gasteiger partial charge in [0, 0.05) is 26.2 Å². The quantitative estimate of drug-likeness (QED) is 0.545. The van der Waals surface area contributed by atoms with Gasteiger partial charge in [0.1, 0.15) is 0 Å². The van der Waals surface area contributed by atoms with Gasteiger partial charge in [0.25, 0.3) is 0 Å². The molecular weight excluding hydrogens is 268 g/mol. The first-order valence-electron chi connectivity index (χ1n) is 8.56. The molecule has 0 saturated carbocycles. The summed E-state index contributed by atoms with van der Waals surface area (Å²) in [4.78, 5) is 2.54. The number of likely N-dealkylation sites (tertiary alicyclic amines) is 1. The van der Waals surface area contributed by atoms with Gasteiger partial charge in [0.15, 0.2) is 0 Å². The zero-order valence-electron chi connectivity index (χ0n) is 13.5. The minimum atomic E-state index is 0.673. The van der Waals surface area contributed by atoms with Crippen molar-refractivity contribution in [2.75, 3.05) is 72.4 Å². The molecule has 2 saturated heterocycles. The highest BCUT2D eigenvalue weighted by Crippen LogP contribution is 2.25. The van der Waals surface area contributed by atoms with Crippen LogP contribution in [0.4, 0.5) is 0 Å². The minimum Gasteiger partial charge on any atom is -0.379 e. The molecule has 5 nitrogen and oxygen atoms in total. The van der Waals surface area contributed by atoms with Crippen LogP contribution >= 0.6 is 0 Å². The van der Waals surface area contributed by atoms with Gasteiger partial charge in [0.05, 0.1) is 33.0 Å². The molecular formula is C16H32N2O3. The van der Waals surface area contributed by atoms with Gasteiger partial charge >= 0.3 is 0 Å². The van der Waals surface area contributed by atoms with Crippen LogP contribution in [0.25, 0.3) is 0 Å². The van der Waals surface area contributed by atoms with E-state index < -0.39 is 0 Å². The number of hydrogen-bond donors (Lipinski definition) is 1. The molecule has 2 heterocycles. The van der Waals surface area contributed by atoms with E-state index in [1.54, 1.807) is 0 Å². The van der Waals surface area contributed by atoms with E-state index in [4.69, 9.17) is 14.2 Å². The van der Waals surface area contributed by atoms with Crippen molar-refractivity contribution in [2.24, 2.45) is 11.8 Å². The molecule has 0 bridgehead atoms. The van der Waals surface area contributed by atoms with Crippen molar-refractivity contribution in [2.45, 2.75) is 19.8 Å². The molecule has 0 aliphatic carbocycles. The maximum atomic E-state index is 5.64. The molecule has 21 heavy (non-hydrogen) atoms. The molecule has 0 spiro atoms. The lowest BCUT2D eigenvalue weighted by Gasteiger charge is -2.16. The van der Waals surface area contributed by atoms with Gasteiger partial charge in [-0.1, -0.05) is 13.3 Å². The first-order chi connectivity index (χ1) is 10.4. The van der Waals surface area contributed by atoms with Gasteiger partial charge in [-0.3, -0.25) is 0 Å². The van der Waals surface area contributed by atoms with Crippen LogP contribution in [0.5, 0.6) is 0 Å². The predicted molar refractivity (Wildman–Crippen MR) is 83.7 cm³/mol. The van der Waals surface area contributed by atoms with Crippen LogP contribution in [-0.4, -0.2) is 77.3 Å². The Balaban J connectivity index is 1.31. The van der Waals surface area contributed by atoms with E-state index in [1.165, 1.54) is 32.6 Å². The van der Waals surface area contributed by atoms with E-state index in [0.717, 1.165) is 38.0 Å². The standard InChI is InChI=1S/C16H32N2O3/c1-2-3-5-19-7-9-21-10-8-20-6-4-18-13-15-11-17-12-16(15)14-18/h15-17H,2-14H2,1H3/t15-,16+. The highest BCUT2D eigenvalue weighted by atomic mass is 16.5. The molecule has 0 aromatic carbocycles.